The topological polar surface area (TPSA) is 78.9 Å². The third kappa shape index (κ3) is 63.2. The second-order valence-corrected chi connectivity index (χ2v) is 22.0. The fourth-order valence-corrected chi connectivity index (χ4v) is 9.25. The van der Waals surface area contributed by atoms with Gasteiger partial charge in [0.1, 0.15) is 13.2 Å². The Morgan fingerprint density at radius 2 is 0.462 bits per heavy atom. The largest absolute Gasteiger partial charge is 0.462 e. The van der Waals surface area contributed by atoms with Gasteiger partial charge >= 0.3 is 17.9 Å². The average molecular weight is 1090 g/mol. The number of unbranched alkanes of at least 4 members (excludes halogenated alkanes) is 33. The monoisotopic (exact) mass is 1080 g/mol. The number of allylic oxidation sites excluding steroid dienone is 16. The van der Waals surface area contributed by atoms with E-state index in [4.69, 9.17) is 14.2 Å². The van der Waals surface area contributed by atoms with Crippen molar-refractivity contribution in [2.75, 3.05) is 13.2 Å². The summed E-state index contributed by atoms with van der Waals surface area (Å²) < 4.78 is 16.9. The van der Waals surface area contributed by atoms with E-state index in [1.807, 2.05) is 0 Å². The minimum Gasteiger partial charge on any atom is -0.462 e. The first-order chi connectivity index (χ1) is 38.5. The van der Waals surface area contributed by atoms with Crippen LogP contribution in [-0.2, 0) is 28.6 Å². The molecule has 0 aromatic carbocycles. The lowest BCUT2D eigenvalue weighted by atomic mass is 10.1. The van der Waals surface area contributed by atoms with E-state index in [1.54, 1.807) is 0 Å². The summed E-state index contributed by atoms with van der Waals surface area (Å²) in [5.74, 6) is -0.914. The van der Waals surface area contributed by atoms with Crippen LogP contribution in [0.25, 0.3) is 0 Å². The van der Waals surface area contributed by atoms with Crippen molar-refractivity contribution in [1.29, 1.82) is 0 Å². The maximum atomic E-state index is 12.9. The van der Waals surface area contributed by atoms with Gasteiger partial charge in [-0.25, -0.2) is 0 Å². The van der Waals surface area contributed by atoms with Gasteiger partial charge in [0.05, 0.1) is 0 Å². The number of hydrogen-bond acceptors (Lipinski definition) is 6. The molecule has 6 nitrogen and oxygen atoms in total. The molecule has 0 bridgehead atoms. The number of hydrogen-bond donors (Lipinski definition) is 0. The molecular weight excluding hydrogens is 961 g/mol. The number of esters is 3. The highest BCUT2D eigenvalue weighted by atomic mass is 16.6. The molecular formula is C72H124O6. The average Bonchev–Trinajstić information content (AvgIpc) is 3.44. The van der Waals surface area contributed by atoms with Crippen LogP contribution >= 0.6 is 0 Å². The van der Waals surface area contributed by atoms with E-state index in [2.05, 4.69) is 118 Å². The van der Waals surface area contributed by atoms with Gasteiger partial charge < -0.3 is 14.2 Å². The molecule has 448 valence electrons. The zero-order valence-electron chi connectivity index (χ0n) is 51.4. The van der Waals surface area contributed by atoms with Crippen LogP contribution in [0.5, 0.6) is 0 Å². The maximum absolute atomic E-state index is 12.9. The van der Waals surface area contributed by atoms with E-state index in [-0.39, 0.29) is 31.1 Å². The van der Waals surface area contributed by atoms with Gasteiger partial charge in [-0.15, -0.1) is 0 Å². The summed E-state index contributed by atoms with van der Waals surface area (Å²) in [6, 6.07) is 0. The number of rotatable bonds is 60. The van der Waals surface area contributed by atoms with Crippen LogP contribution in [0.4, 0.5) is 0 Å². The molecule has 0 aliphatic rings. The molecule has 0 rings (SSSR count). The zero-order chi connectivity index (χ0) is 56.4. The first-order valence-electron chi connectivity index (χ1n) is 33.2. The number of carbonyl (C=O) groups is 3. The molecule has 0 fully saturated rings. The van der Waals surface area contributed by atoms with Crippen molar-refractivity contribution in [3.8, 4) is 0 Å². The summed E-state index contributed by atoms with van der Waals surface area (Å²) in [5.41, 5.74) is 0. The van der Waals surface area contributed by atoms with Crippen LogP contribution < -0.4 is 0 Å². The Morgan fingerprint density at radius 1 is 0.256 bits per heavy atom. The summed E-state index contributed by atoms with van der Waals surface area (Å²) in [6.07, 6.45) is 88.3. The van der Waals surface area contributed by atoms with Gasteiger partial charge in [-0.1, -0.05) is 272 Å². The third-order valence-electron chi connectivity index (χ3n) is 14.3. The standard InChI is InChI=1S/C72H124O6/c1-4-7-10-13-16-19-22-25-28-31-33-35-36-38-39-41-44-47-50-53-56-59-62-65-71(74)77-68-69(67-76-70(73)64-61-58-55-52-49-46-43-30-27-24-21-18-15-12-9-6-3)78-72(75)66-63-60-57-54-51-48-45-42-40-37-34-32-29-26-23-20-17-14-11-8-5-2/h21-26,30-34,36,38,40,42-43,69H,4-20,27-29,35,37,39,41,44-68H2,1-3H3/b24-21-,25-22-,26-23-,33-31-,34-32-,38-36-,42-40-,43-30-. The van der Waals surface area contributed by atoms with Crippen LogP contribution in [0.3, 0.4) is 0 Å². The molecule has 0 spiro atoms. The molecule has 1 atom stereocenters. The quantitative estimate of drug-likeness (QED) is 0.0261. The zero-order valence-corrected chi connectivity index (χ0v) is 51.4. The van der Waals surface area contributed by atoms with Crippen LogP contribution in [0, 0.1) is 0 Å². The molecule has 78 heavy (non-hydrogen) atoms. The normalized spacial score (nSPS) is 12.7. The van der Waals surface area contributed by atoms with Crippen molar-refractivity contribution in [3.63, 3.8) is 0 Å². The second kappa shape index (κ2) is 65.8. The molecule has 0 radical (unpaired) electrons. The van der Waals surface area contributed by atoms with Crippen LogP contribution in [0.15, 0.2) is 97.2 Å². The summed E-state index contributed by atoms with van der Waals surface area (Å²) >= 11 is 0. The van der Waals surface area contributed by atoms with E-state index in [9.17, 15) is 14.4 Å². The molecule has 0 aliphatic heterocycles. The predicted molar refractivity (Wildman–Crippen MR) is 339 cm³/mol. The van der Waals surface area contributed by atoms with E-state index in [1.165, 1.54) is 154 Å². The molecule has 0 aromatic rings. The fourth-order valence-electron chi connectivity index (χ4n) is 9.25. The summed E-state index contributed by atoms with van der Waals surface area (Å²) in [7, 11) is 0. The highest BCUT2D eigenvalue weighted by Crippen LogP contribution is 2.15. The van der Waals surface area contributed by atoms with Crippen LogP contribution in [0.2, 0.25) is 0 Å². The molecule has 6 heteroatoms. The molecule has 0 N–H and O–H groups in total. The van der Waals surface area contributed by atoms with Crippen molar-refractivity contribution in [2.45, 2.75) is 329 Å². The molecule has 0 saturated heterocycles. The van der Waals surface area contributed by atoms with Crippen LogP contribution in [-0.4, -0.2) is 37.2 Å². The lowest BCUT2D eigenvalue weighted by molar-refractivity contribution is -0.167. The Labute approximate surface area is 483 Å². The smallest absolute Gasteiger partial charge is 0.306 e. The Balaban J connectivity index is 4.43. The number of carbonyl (C=O) groups excluding carboxylic acids is 3. The minimum absolute atomic E-state index is 0.0914. The van der Waals surface area contributed by atoms with Crippen molar-refractivity contribution < 1.29 is 28.6 Å². The molecule has 0 amide bonds. The summed E-state index contributed by atoms with van der Waals surface area (Å²) in [5, 5.41) is 0. The Morgan fingerprint density at radius 3 is 0.731 bits per heavy atom. The van der Waals surface area contributed by atoms with Crippen molar-refractivity contribution >= 4 is 17.9 Å². The van der Waals surface area contributed by atoms with Gasteiger partial charge in [0.2, 0.25) is 0 Å². The lowest BCUT2D eigenvalue weighted by Gasteiger charge is -2.18. The van der Waals surface area contributed by atoms with Gasteiger partial charge in [0.25, 0.3) is 0 Å². The maximum Gasteiger partial charge on any atom is 0.306 e. The third-order valence-corrected chi connectivity index (χ3v) is 14.3. The minimum atomic E-state index is -0.797. The highest BCUT2D eigenvalue weighted by molar-refractivity contribution is 5.71. The van der Waals surface area contributed by atoms with Crippen molar-refractivity contribution in [1.82, 2.24) is 0 Å². The van der Waals surface area contributed by atoms with Crippen molar-refractivity contribution in [2.24, 2.45) is 0 Å². The Hall–Kier alpha value is -3.67. The van der Waals surface area contributed by atoms with Gasteiger partial charge in [-0.05, 0) is 128 Å². The first kappa shape index (κ1) is 74.3. The number of ether oxygens (including phenoxy) is 3. The Bertz CT molecular complexity index is 1530. The van der Waals surface area contributed by atoms with Crippen molar-refractivity contribution in [3.05, 3.63) is 97.2 Å². The van der Waals surface area contributed by atoms with Gasteiger partial charge in [0.15, 0.2) is 6.10 Å². The van der Waals surface area contributed by atoms with E-state index >= 15 is 0 Å². The Kier molecular flexibility index (Phi) is 62.7. The van der Waals surface area contributed by atoms with E-state index in [0.717, 1.165) is 128 Å². The van der Waals surface area contributed by atoms with E-state index in [0.29, 0.717) is 19.3 Å². The molecule has 0 aromatic heterocycles. The highest BCUT2D eigenvalue weighted by Gasteiger charge is 2.19. The molecule has 0 heterocycles. The first-order valence-corrected chi connectivity index (χ1v) is 33.2. The van der Waals surface area contributed by atoms with E-state index < -0.39 is 6.10 Å². The fraction of sp³-hybridized carbons (Fsp3) is 0.736. The molecule has 0 aliphatic carbocycles. The SMILES string of the molecule is CCCCCC/C=C\C/C=C\CCCCCCCC(=O)OCC(COC(=O)CCCCCCCCCC/C=C\C/C=C\C/C=C\CCCCCCC)OC(=O)CCCCCCCC/C=C\C/C=C\C/C=C\CCCCCCC. The van der Waals surface area contributed by atoms with Gasteiger partial charge in [-0.3, -0.25) is 14.4 Å². The second-order valence-electron chi connectivity index (χ2n) is 22.0. The molecule has 0 saturated carbocycles. The van der Waals surface area contributed by atoms with Gasteiger partial charge in [-0.2, -0.15) is 0 Å². The molecule has 1 unspecified atom stereocenters. The van der Waals surface area contributed by atoms with Crippen LogP contribution in [0.1, 0.15) is 323 Å². The summed E-state index contributed by atoms with van der Waals surface area (Å²) in [6.45, 7) is 6.60. The predicted octanol–water partition coefficient (Wildman–Crippen LogP) is 22.8. The van der Waals surface area contributed by atoms with Gasteiger partial charge in [0, 0.05) is 19.3 Å². The lowest BCUT2D eigenvalue weighted by Crippen LogP contribution is -2.30. The summed E-state index contributed by atoms with van der Waals surface area (Å²) in [4.78, 5) is 38.4.